The average molecular weight is 203 g/mol. The third-order valence-electron chi connectivity index (χ3n) is 1.95. The van der Waals surface area contributed by atoms with Crippen molar-refractivity contribution in [2.75, 3.05) is 0 Å². The Morgan fingerprint density at radius 1 is 1.31 bits per heavy atom. The van der Waals surface area contributed by atoms with Crippen LogP contribution in [0.4, 0.5) is 0 Å². The van der Waals surface area contributed by atoms with Gasteiger partial charge in [-0.25, -0.2) is 4.68 Å². The van der Waals surface area contributed by atoms with Crippen molar-refractivity contribution in [3.05, 3.63) is 5.82 Å². The van der Waals surface area contributed by atoms with E-state index in [2.05, 4.69) is 22.4 Å². The van der Waals surface area contributed by atoms with E-state index in [1.807, 2.05) is 0 Å². The Hall–Kier alpha value is -0.640. The molecule has 0 saturated carbocycles. The normalized spacial score (nSPS) is 10.6. The fourth-order valence-electron chi connectivity index (χ4n) is 1.18. The quantitative estimate of drug-likeness (QED) is 0.524. The van der Waals surface area contributed by atoms with Gasteiger partial charge in [0, 0.05) is 6.54 Å². The zero-order chi connectivity index (χ0) is 9.52. The second kappa shape index (κ2) is 5.91. The molecule has 0 aromatic carbocycles. The van der Waals surface area contributed by atoms with Crippen molar-refractivity contribution < 1.29 is 0 Å². The first-order valence-corrected chi connectivity index (χ1v) is 5.23. The number of alkyl halides is 1. The van der Waals surface area contributed by atoms with Crippen LogP contribution in [0.25, 0.3) is 0 Å². The van der Waals surface area contributed by atoms with Gasteiger partial charge in [-0.05, 0) is 16.8 Å². The fraction of sp³-hybridized carbons (Fsp3) is 0.875. The van der Waals surface area contributed by atoms with Gasteiger partial charge >= 0.3 is 0 Å². The van der Waals surface area contributed by atoms with Crippen molar-refractivity contribution in [1.29, 1.82) is 0 Å². The number of unbranched alkanes of at least 4 members (excludes halogenated alkanes) is 3. The van der Waals surface area contributed by atoms with Gasteiger partial charge in [-0.15, -0.1) is 16.7 Å². The largest absolute Gasteiger partial charge is 0.228 e. The summed E-state index contributed by atoms with van der Waals surface area (Å²) in [6.45, 7) is 3.08. The minimum atomic E-state index is 0.390. The van der Waals surface area contributed by atoms with Gasteiger partial charge in [-0.3, -0.25) is 0 Å². The molecular formula is C8H15ClN4. The average Bonchev–Trinajstić information content (AvgIpc) is 2.60. The molecule has 0 atom stereocenters. The highest BCUT2D eigenvalue weighted by Crippen LogP contribution is 2.03. The van der Waals surface area contributed by atoms with E-state index in [0.717, 1.165) is 18.8 Å². The molecule has 0 spiro atoms. The summed E-state index contributed by atoms with van der Waals surface area (Å²) < 4.78 is 1.78. The van der Waals surface area contributed by atoms with Gasteiger partial charge in [0.15, 0.2) is 5.82 Å². The zero-order valence-electron chi connectivity index (χ0n) is 7.91. The summed E-state index contributed by atoms with van der Waals surface area (Å²) >= 11 is 5.65. The summed E-state index contributed by atoms with van der Waals surface area (Å²) in [5.74, 6) is 1.15. The number of tetrazole rings is 1. The van der Waals surface area contributed by atoms with E-state index in [1.54, 1.807) is 4.68 Å². The second-order valence-electron chi connectivity index (χ2n) is 3.01. The molecule has 5 heteroatoms. The van der Waals surface area contributed by atoms with Crippen LogP contribution in [0.5, 0.6) is 0 Å². The summed E-state index contributed by atoms with van der Waals surface area (Å²) in [6, 6.07) is 0. The predicted octanol–water partition coefficient (Wildman–Crippen LogP) is 1.99. The zero-order valence-corrected chi connectivity index (χ0v) is 8.67. The van der Waals surface area contributed by atoms with Gasteiger partial charge in [0.05, 0.1) is 5.88 Å². The highest BCUT2D eigenvalue weighted by molar-refractivity contribution is 6.16. The standard InChI is InChI=1S/C8H15ClN4/c1-2-3-4-5-6-13-8(7-9)10-11-12-13/h2-7H2,1H3. The smallest absolute Gasteiger partial charge is 0.165 e. The van der Waals surface area contributed by atoms with Crippen molar-refractivity contribution in [1.82, 2.24) is 20.2 Å². The first-order valence-electron chi connectivity index (χ1n) is 4.69. The lowest BCUT2D eigenvalue weighted by atomic mass is 10.2. The second-order valence-corrected chi connectivity index (χ2v) is 3.28. The number of hydrogen-bond acceptors (Lipinski definition) is 3. The van der Waals surface area contributed by atoms with Crippen molar-refractivity contribution in [2.45, 2.75) is 45.0 Å². The maximum atomic E-state index is 5.65. The van der Waals surface area contributed by atoms with Crippen molar-refractivity contribution in [2.24, 2.45) is 0 Å². The van der Waals surface area contributed by atoms with Gasteiger partial charge in [0.1, 0.15) is 0 Å². The number of halogens is 1. The molecular weight excluding hydrogens is 188 g/mol. The maximum absolute atomic E-state index is 5.65. The van der Waals surface area contributed by atoms with E-state index in [0.29, 0.717) is 5.88 Å². The fourth-order valence-corrected chi connectivity index (χ4v) is 1.37. The van der Waals surface area contributed by atoms with E-state index >= 15 is 0 Å². The number of aryl methyl sites for hydroxylation is 1. The molecule has 0 radical (unpaired) electrons. The number of aromatic nitrogens is 4. The first-order chi connectivity index (χ1) is 6.38. The number of rotatable bonds is 6. The first kappa shape index (κ1) is 10.4. The Balaban J connectivity index is 2.27. The van der Waals surface area contributed by atoms with Crippen molar-refractivity contribution in [3.63, 3.8) is 0 Å². The summed E-state index contributed by atoms with van der Waals surface area (Å²) in [6.07, 6.45) is 4.89. The van der Waals surface area contributed by atoms with Crippen LogP contribution < -0.4 is 0 Å². The molecule has 1 rings (SSSR count). The lowest BCUT2D eigenvalue weighted by molar-refractivity contribution is 0.517. The highest BCUT2D eigenvalue weighted by atomic mass is 35.5. The van der Waals surface area contributed by atoms with Crippen LogP contribution in [0, 0.1) is 0 Å². The van der Waals surface area contributed by atoms with Crippen LogP contribution in [0.3, 0.4) is 0 Å². The number of hydrogen-bond donors (Lipinski definition) is 0. The Bertz CT molecular complexity index is 236. The third kappa shape index (κ3) is 3.30. The van der Waals surface area contributed by atoms with Crippen LogP contribution in [0.15, 0.2) is 0 Å². The van der Waals surface area contributed by atoms with Crippen LogP contribution in [-0.2, 0) is 12.4 Å². The van der Waals surface area contributed by atoms with Crippen LogP contribution in [0.2, 0.25) is 0 Å². The van der Waals surface area contributed by atoms with Gasteiger partial charge < -0.3 is 0 Å². The van der Waals surface area contributed by atoms with Gasteiger partial charge in [-0.2, -0.15) is 0 Å². The van der Waals surface area contributed by atoms with Crippen LogP contribution in [-0.4, -0.2) is 20.2 Å². The lowest BCUT2D eigenvalue weighted by Crippen LogP contribution is -2.04. The Morgan fingerprint density at radius 2 is 2.15 bits per heavy atom. The summed E-state index contributed by atoms with van der Waals surface area (Å²) in [5.41, 5.74) is 0. The summed E-state index contributed by atoms with van der Waals surface area (Å²) in [4.78, 5) is 0. The summed E-state index contributed by atoms with van der Waals surface area (Å²) in [5, 5.41) is 11.2. The SMILES string of the molecule is CCCCCCn1nnnc1CCl. The molecule has 4 nitrogen and oxygen atoms in total. The van der Waals surface area contributed by atoms with E-state index < -0.39 is 0 Å². The number of nitrogens with zero attached hydrogens (tertiary/aromatic N) is 4. The molecule has 1 heterocycles. The van der Waals surface area contributed by atoms with Gasteiger partial charge in [0.25, 0.3) is 0 Å². The van der Waals surface area contributed by atoms with Crippen LogP contribution in [0.1, 0.15) is 38.4 Å². The molecule has 0 saturated heterocycles. The van der Waals surface area contributed by atoms with E-state index in [9.17, 15) is 0 Å². The molecule has 0 fully saturated rings. The molecule has 0 bridgehead atoms. The van der Waals surface area contributed by atoms with Gasteiger partial charge in [-0.1, -0.05) is 26.2 Å². The van der Waals surface area contributed by atoms with Crippen molar-refractivity contribution >= 4 is 11.6 Å². The maximum Gasteiger partial charge on any atom is 0.165 e. The molecule has 0 amide bonds. The molecule has 0 unspecified atom stereocenters. The summed E-state index contributed by atoms with van der Waals surface area (Å²) in [7, 11) is 0. The van der Waals surface area contributed by atoms with Crippen LogP contribution >= 0.6 is 11.6 Å². The molecule has 74 valence electrons. The monoisotopic (exact) mass is 202 g/mol. The van der Waals surface area contributed by atoms with E-state index in [4.69, 9.17) is 11.6 Å². The van der Waals surface area contributed by atoms with E-state index in [-0.39, 0.29) is 0 Å². The lowest BCUT2D eigenvalue weighted by Gasteiger charge is -2.01. The molecule has 0 aliphatic heterocycles. The Labute approximate surface area is 83.3 Å². The molecule has 0 N–H and O–H groups in total. The highest BCUT2D eigenvalue weighted by Gasteiger charge is 2.02. The van der Waals surface area contributed by atoms with Gasteiger partial charge in [0.2, 0.25) is 0 Å². The minimum absolute atomic E-state index is 0.390. The van der Waals surface area contributed by atoms with Crippen molar-refractivity contribution in [3.8, 4) is 0 Å². The topological polar surface area (TPSA) is 43.6 Å². The third-order valence-corrected chi connectivity index (χ3v) is 2.19. The Kier molecular flexibility index (Phi) is 4.75. The Morgan fingerprint density at radius 3 is 2.85 bits per heavy atom. The molecule has 0 aliphatic carbocycles. The van der Waals surface area contributed by atoms with E-state index in [1.165, 1.54) is 19.3 Å². The molecule has 0 aliphatic rings. The minimum Gasteiger partial charge on any atom is -0.228 e. The molecule has 1 aromatic rings. The molecule has 1 aromatic heterocycles. The predicted molar refractivity (Wildman–Crippen MR) is 51.5 cm³/mol. The molecule has 13 heavy (non-hydrogen) atoms.